The summed E-state index contributed by atoms with van der Waals surface area (Å²) in [4.78, 5) is 9.85. The van der Waals surface area contributed by atoms with Gasteiger partial charge in [-0.3, -0.25) is 0 Å². The minimum Gasteiger partial charge on any atom is -0.383 e. The zero-order valence-electron chi connectivity index (χ0n) is 8.29. The molecule has 1 aromatic rings. The Morgan fingerprint density at radius 3 is 2.64 bits per heavy atom. The van der Waals surface area contributed by atoms with Crippen LogP contribution in [0.3, 0.4) is 0 Å². The Bertz CT molecular complexity index is 317. The molecule has 1 aromatic carbocycles. The third-order valence-electron chi connectivity index (χ3n) is 1.94. The molecule has 0 radical (unpaired) electrons. The van der Waals surface area contributed by atoms with E-state index in [0.29, 0.717) is 6.54 Å². The van der Waals surface area contributed by atoms with Gasteiger partial charge in [-0.1, -0.05) is 41.6 Å². The lowest BCUT2D eigenvalue weighted by atomic mass is 10.1. The second-order valence-electron chi connectivity index (χ2n) is 3.12. The zero-order valence-corrected chi connectivity index (χ0v) is 8.29. The van der Waals surface area contributed by atoms with Gasteiger partial charge >= 0.3 is 0 Å². The molecular formula is C11H14N2O. The molecule has 0 spiro atoms. The van der Waals surface area contributed by atoms with Gasteiger partial charge in [0, 0.05) is 12.2 Å². The fraction of sp³-hybridized carbons (Fsp3) is 0.273. The number of aryl methyl sites for hydroxylation is 1. The fourth-order valence-corrected chi connectivity index (χ4v) is 1.11. The van der Waals surface area contributed by atoms with Crippen molar-refractivity contribution in [2.24, 2.45) is 5.18 Å². The lowest BCUT2D eigenvalue weighted by molar-refractivity contribution is 0.855. The van der Waals surface area contributed by atoms with Crippen LogP contribution in [0.2, 0.25) is 0 Å². The van der Waals surface area contributed by atoms with E-state index >= 15 is 0 Å². The minimum atomic E-state index is 0.269. The molecule has 0 bridgehead atoms. The molecular weight excluding hydrogens is 176 g/mol. The SMILES string of the molecule is C=C(NCCN=O)c1ccc(C)cc1. The van der Waals surface area contributed by atoms with Crippen molar-refractivity contribution in [1.29, 1.82) is 0 Å². The topological polar surface area (TPSA) is 41.5 Å². The summed E-state index contributed by atoms with van der Waals surface area (Å²) < 4.78 is 0. The Labute approximate surface area is 83.8 Å². The molecule has 0 aromatic heterocycles. The van der Waals surface area contributed by atoms with Crippen molar-refractivity contribution in [1.82, 2.24) is 5.32 Å². The molecule has 3 nitrogen and oxygen atoms in total. The largest absolute Gasteiger partial charge is 0.383 e. The molecule has 1 N–H and O–H groups in total. The van der Waals surface area contributed by atoms with Crippen LogP contribution in [-0.2, 0) is 0 Å². The summed E-state index contributed by atoms with van der Waals surface area (Å²) in [5.41, 5.74) is 3.09. The van der Waals surface area contributed by atoms with Crippen LogP contribution in [0, 0.1) is 11.8 Å². The van der Waals surface area contributed by atoms with Crippen molar-refractivity contribution < 1.29 is 0 Å². The van der Waals surface area contributed by atoms with E-state index in [1.54, 1.807) is 0 Å². The fourth-order valence-electron chi connectivity index (χ4n) is 1.11. The lowest BCUT2D eigenvalue weighted by Crippen LogP contribution is -2.14. The third kappa shape index (κ3) is 3.01. The van der Waals surface area contributed by atoms with Crippen LogP contribution in [-0.4, -0.2) is 13.1 Å². The molecule has 0 aliphatic rings. The zero-order chi connectivity index (χ0) is 10.4. The molecule has 0 amide bonds. The predicted octanol–water partition coefficient (Wildman–Crippen LogP) is 2.32. The van der Waals surface area contributed by atoms with Crippen LogP contribution in [0.15, 0.2) is 36.0 Å². The van der Waals surface area contributed by atoms with Gasteiger partial charge in [-0.2, -0.15) is 4.91 Å². The molecule has 0 aliphatic heterocycles. The highest BCUT2D eigenvalue weighted by molar-refractivity contribution is 5.61. The van der Waals surface area contributed by atoms with Gasteiger partial charge in [0.2, 0.25) is 0 Å². The molecule has 74 valence electrons. The van der Waals surface area contributed by atoms with Crippen molar-refractivity contribution >= 4 is 5.70 Å². The van der Waals surface area contributed by atoms with Crippen LogP contribution < -0.4 is 5.32 Å². The minimum absolute atomic E-state index is 0.269. The average Bonchev–Trinajstić information content (AvgIpc) is 2.19. The van der Waals surface area contributed by atoms with Crippen molar-refractivity contribution in [2.75, 3.05) is 13.1 Å². The summed E-state index contributed by atoms with van der Waals surface area (Å²) in [6.07, 6.45) is 0. The number of hydrogen-bond acceptors (Lipinski definition) is 3. The molecule has 14 heavy (non-hydrogen) atoms. The van der Waals surface area contributed by atoms with Crippen molar-refractivity contribution in [3.63, 3.8) is 0 Å². The summed E-state index contributed by atoms with van der Waals surface area (Å²) in [6.45, 7) is 6.72. The van der Waals surface area contributed by atoms with E-state index in [2.05, 4.69) is 17.1 Å². The van der Waals surface area contributed by atoms with Gasteiger partial charge in [0.15, 0.2) is 0 Å². The number of benzene rings is 1. The van der Waals surface area contributed by atoms with Gasteiger partial charge in [0.25, 0.3) is 0 Å². The lowest BCUT2D eigenvalue weighted by Gasteiger charge is -2.07. The van der Waals surface area contributed by atoms with Gasteiger partial charge in [-0.05, 0) is 12.5 Å². The highest BCUT2D eigenvalue weighted by Gasteiger charge is 1.96. The first-order chi connectivity index (χ1) is 6.74. The third-order valence-corrected chi connectivity index (χ3v) is 1.94. The maximum Gasteiger partial charge on any atom is 0.0983 e. The molecule has 0 saturated carbocycles. The van der Waals surface area contributed by atoms with Crippen LogP contribution in [0.4, 0.5) is 0 Å². The van der Waals surface area contributed by atoms with E-state index in [0.717, 1.165) is 11.3 Å². The van der Waals surface area contributed by atoms with Crippen molar-refractivity contribution in [3.05, 3.63) is 46.9 Å². The number of rotatable bonds is 5. The molecule has 0 fully saturated rings. The van der Waals surface area contributed by atoms with Crippen molar-refractivity contribution in [3.8, 4) is 0 Å². The number of hydrogen-bond donors (Lipinski definition) is 1. The first kappa shape index (κ1) is 10.4. The quantitative estimate of drug-likeness (QED) is 0.572. The Balaban J connectivity index is 2.52. The molecule has 0 unspecified atom stereocenters. The Hall–Kier alpha value is -1.64. The van der Waals surface area contributed by atoms with Gasteiger partial charge in [-0.25, -0.2) is 0 Å². The first-order valence-corrected chi connectivity index (χ1v) is 4.53. The first-order valence-electron chi connectivity index (χ1n) is 4.53. The molecule has 0 aliphatic carbocycles. The van der Waals surface area contributed by atoms with Gasteiger partial charge in [-0.15, -0.1) is 0 Å². The van der Waals surface area contributed by atoms with Gasteiger partial charge in [0.05, 0.1) is 6.54 Å². The summed E-state index contributed by atoms with van der Waals surface area (Å²) in [5, 5.41) is 5.79. The molecule has 1 rings (SSSR count). The summed E-state index contributed by atoms with van der Waals surface area (Å²) >= 11 is 0. The second kappa shape index (κ2) is 5.17. The Morgan fingerprint density at radius 2 is 2.07 bits per heavy atom. The number of nitrogens with zero attached hydrogens (tertiary/aromatic N) is 1. The van der Waals surface area contributed by atoms with E-state index in [1.807, 2.05) is 31.2 Å². The van der Waals surface area contributed by atoms with Gasteiger partial charge < -0.3 is 5.32 Å². The molecule has 3 heteroatoms. The highest BCUT2D eigenvalue weighted by atomic mass is 16.3. The van der Waals surface area contributed by atoms with E-state index in [9.17, 15) is 4.91 Å². The Kier molecular flexibility index (Phi) is 3.85. The van der Waals surface area contributed by atoms with Crippen LogP contribution >= 0.6 is 0 Å². The van der Waals surface area contributed by atoms with E-state index in [1.165, 1.54) is 5.56 Å². The monoisotopic (exact) mass is 190 g/mol. The normalized spacial score (nSPS) is 9.50. The predicted molar refractivity (Wildman–Crippen MR) is 58.9 cm³/mol. The van der Waals surface area contributed by atoms with Crippen LogP contribution in [0.1, 0.15) is 11.1 Å². The van der Waals surface area contributed by atoms with Crippen LogP contribution in [0.25, 0.3) is 5.70 Å². The van der Waals surface area contributed by atoms with E-state index in [4.69, 9.17) is 0 Å². The molecule has 0 atom stereocenters. The maximum atomic E-state index is 9.85. The van der Waals surface area contributed by atoms with E-state index in [-0.39, 0.29) is 6.54 Å². The smallest absolute Gasteiger partial charge is 0.0983 e. The van der Waals surface area contributed by atoms with E-state index < -0.39 is 0 Å². The average molecular weight is 190 g/mol. The highest BCUT2D eigenvalue weighted by Crippen LogP contribution is 2.09. The second-order valence-corrected chi connectivity index (χ2v) is 3.12. The Morgan fingerprint density at radius 1 is 1.43 bits per heavy atom. The summed E-state index contributed by atoms with van der Waals surface area (Å²) in [7, 11) is 0. The van der Waals surface area contributed by atoms with Gasteiger partial charge in [0.1, 0.15) is 0 Å². The molecule has 0 heterocycles. The standard InChI is InChI=1S/C11H14N2O/c1-9-3-5-11(6-4-9)10(2)12-7-8-13-14/h3-6,12H,2,7-8H2,1H3. The van der Waals surface area contributed by atoms with Crippen LogP contribution in [0.5, 0.6) is 0 Å². The maximum absolute atomic E-state index is 9.85. The van der Waals surface area contributed by atoms with Crippen molar-refractivity contribution in [2.45, 2.75) is 6.92 Å². The summed E-state index contributed by atoms with van der Waals surface area (Å²) in [6, 6.07) is 8.05. The molecule has 0 saturated heterocycles. The summed E-state index contributed by atoms with van der Waals surface area (Å²) in [5.74, 6) is 0. The number of nitrogens with one attached hydrogen (secondary N) is 1. The number of nitroso groups, excluding NO2 is 1.